The first kappa shape index (κ1) is 16.0. The van der Waals surface area contributed by atoms with Crippen molar-refractivity contribution in [1.29, 1.82) is 0 Å². The number of nitrogen functional groups attached to an aromatic ring is 1. The van der Waals surface area contributed by atoms with E-state index >= 15 is 0 Å². The Hall–Kier alpha value is -2.38. The first-order chi connectivity index (χ1) is 10.1. The summed E-state index contributed by atoms with van der Waals surface area (Å²) in [7, 11) is 0. The highest BCUT2D eigenvalue weighted by Crippen LogP contribution is 2.34. The average Bonchev–Trinajstić information content (AvgIpc) is 2.39. The number of anilines is 1. The minimum Gasteiger partial charge on any atom is -0.404 e. The van der Waals surface area contributed by atoms with Crippen LogP contribution in [0.3, 0.4) is 0 Å². The molecule has 2 aromatic rings. The molecule has 2 aromatic carbocycles. The van der Waals surface area contributed by atoms with Gasteiger partial charge in [-0.05, 0) is 35.4 Å². The molecule has 8 heteroatoms. The van der Waals surface area contributed by atoms with Crippen LogP contribution >= 0.6 is 0 Å². The number of hydrogen-bond acceptors (Lipinski definition) is 2. The lowest BCUT2D eigenvalue weighted by Crippen LogP contribution is -2.18. The van der Waals surface area contributed by atoms with Gasteiger partial charge in [0.15, 0.2) is 5.75 Å². The zero-order valence-corrected chi connectivity index (χ0v) is 10.8. The Labute approximate surface area is 121 Å². The second-order valence-corrected chi connectivity index (χ2v) is 4.38. The molecule has 0 spiro atoms. The minimum atomic E-state index is -4.91. The van der Waals surface area contributed by atoms with E-state index in [1.807, 2.05) is 0 Å². The number of halogens is 6. The van der Waals surface area contributed by atoms with Crippen LogP contribution in [0.2, 0.25) is 0 Å². The maximum Gasteiger partial charge on any atom is 0.573 e. The Morgan fingerprint density at radius 1 is 0.773 bits per heavy atom. The van der Waals surface area contributed by atoms with Crippen molar-refractivity contribution in [3.05, 3.63) is 48.0 Å². The molecule has 0 fully saturated rings. The first-order valence-corrected chi connectivity index (χ1v) is 5.89. The number of benzene rings is 2. The van der Waals surface area contributed by atoms with Gasteiger partial charge in [0.25, 0.3) is 0 Å². The Morgan fingerprint density at radius 3 is 1.82 bits per heavy atom. The van der Waals surface area contributed by atoms with Gasteiger partial charge >= 0.3 is 12.5 Å². The molecule has 0 unspecified atom stereocenters. The third-order valence-electron chi connectivity index (χ3n) is 2.78. The van der Waals surface area contributed by atoms with Crippen molar-refractivity contribution in [2.45, 2.75) is 12.5 Å². The van der Waals surface area contributed by atoms with Crippen LogP contribution < -0.4 is 10.5 Å². The number of rotatable bonds is 2. The quantitative estimate of drug-likeness (QED) is 0.634. The van der Waals surface area contributed by atoms with Gasteiger partial charge in [0, 0.05) is 0 Å². The third-order valence-corrected chi connectivity index (χ3v) is 2.78. The Kier molecular flexibility index (Phi) is 3.95. The standard InChI is InChI=1S/C14H9F6NO/c15-13(16,17)10-4-1-8(2-5-10)9-3-6-11(21)12(7-9)22-14(18,19)20/h1-7H,21H2. The Morgan fingerprint density at radius 2 is 1.32 bits per heavy atom. The van der Waals surface area contributed by atoms with E-state index < -0.39 is 23.9 Å². The molecular formula is C14H9F6NO. The fourth-order valence-electron chi connectivity index (χ4n) is 1.78. The highest BCUT2D eigenvalue weighted by molar-refractivity contribution is 5.70. The van der Waals surface area contributed by atoms with E-state index in [1.54, 1.807) is 0 Å². The van der Waals surface area contributed by atoms with Crippen molar-refractivity contribution in [3.8, 4) is 16.9 Å². The lowest BCUT2D eigenvalue weighted by atomic mass is 10.0. The molecule has 0 saturated heterocycles. The van der Waals surface area contributed by atoms with Crippen molar-refractivity contribution >= 4 is 5.69 Å². The summed E-state index contributed by atoms with van der Waals surface area (Å²) < 4.78 is 77.9. The van der Waals surface area contributed by atoms with Crippen molar-refractivity contribution in [2.75, 3.05) is 5.73 Å². The lowest BCUT2D eigenvalue weighted by molar-refractivity contribution is -0.274. The van der Waals surface area contributed by atoms with E-state index in [1.165, 1.54) is 12.1 Å². The van der Waals surface area contributed by atoms with E-state index in [2.05, 4.69) is 4.74 Å². The molecule has 118 valence electrons. The molecule has 0 aliphatic rings. The zero-order valence-electron chi connectivity index (χ0n) is 10.8. The molecular weight excluding hydrogens is 312 g/mol. The number of ether oxygens (including phenoxy) is 1. The molecule has 0 amide bonds. The summed E-state index contributed by atoms with van der Waals surface area (Å²) in [5.41, 5.74) is 4.86. The highest BCUT2D eigenvalue weighted by Gasteiger charge is 2.32. The molecule has 0 radical (unpaired) electrons. The molecule has 0 bridgehead atoms. The molecule has 0 saturated carbocycles. The van der Waals surface area contributed by atoms with Crippen molar-refractivity contribution < 1.29 is 31.1 Å². The number of alkyl halides is 6. The second-order valence-electron chi connectivity index (χ2n) is 4.38. The molecule has 2 N–H and O–H groups in total. The van der Waals surface area contributed by atoms with E-state index in [4.69, 9.17) is 5.73 Å². The van der Waals surface area contributed by atoms with Crippen LogP contribution in [0.5, 0.6) is 5.75 Å². The Balaban J connectivity index is 2.35. The predicted octanol–water partition coefficient (Wildman–Crippen LogP) is 4.85. The topological polar surface area (TPSA) is 35.2 Å². The van der Waals surface area contributed by atoms with Crippen molar-refractivity contribution in [2.24, 2.45) is 0 Å². The summed E-state index contributed by atoms with van der Waals surface area (Å²) in [6.07, 6.45) is -9.39. The molecule has 2 rings (SSSR count). The van der Waals surface area contributed by atoms with E-state index in [9.17, 15) is 26.3 Å². The van der Waals surface area contributed by atoms with E-state index in [0.717, 1.165) is 30.3 Å². The van der Waals surface area contributed by atoms with Gasteiger partial charge in [0.05, 0.1) is 11.3 Å². The summed E-state index contributed by atoms with van der Waals surface area (Å²) in [6, 6.07) is 7.60. The van der Waals surface area contributed by atoms with E-state index in [0.29, 0.717) is 5.56 Å². The lowest BCUT2D eigenvalue weighted by Gasteiger charge is -2.13. The molecule has 0 heterocycles. The van der Waals surface area contributed by atoms with Gasteiger partial charge in [-0.2, -0.15) is 13.2 Å². The summed E-state index contributed by atoms with van der Waals surface area (Å²) in [4.78, 5) is 0. The SMILES string of the molecule is Nc1ccc(-c2ccc(C(F)(F)F)cc2)cc1OC(F)(F)F. The fourth-order valence-corrected chi connectivity index (χ4v) is 1.78. The van der Waals surface area contributed by atoms with Gasteiger partial charge in [-0.1, -0.05) is 18.2 Å². The average molecular weight is 321 g/mol. The molecule has 22 heavy (non-hydrogen) atoms. The largest absolute Gasteiger partial charge is 0.573 e. The second kappa shape index (κ2) is 5.43. The van der Waals surface area contributed by atoms with Gasteiger partial charge in [-0.3, -0.25) is 0 Å². The summed E-state index contributed by atoms with van der Waals surface area (Å²) in [5.74, 6) is -0.607. The van der Waals surface area contributed by atoms with Crippen LogP contribution in [0.1, 0.15) is 5.56 Å². The Bertz CT molecular complexity index is 661. The predicted molar refractivity (Wildman–Crippen MR) is 68.0 cm³/mol. The van der Waals surface area contributed by atoms with Crippen LogP contribution in [0, 0.1) is 0 Å². The minimum absolute atomic E-state index is 0.229. The molecule has 0 aliphatic carbocycles. The van der Waals surface area contributed by atoms with E-state index in [-0.39, 0.29) is 11.3 Å². The van der Waals surface area contributed by atoms with Gasteiger partial charge in [-0.25, -0.2) is 0 Å². The third kappa shape index (κ3) is 3.84. The maximum atomic E-state index is 12.5. The first-order valence-electron chi connectivity index (χ1n) is 5.89. The van der Waals surface area contributed by atoms with Crippen LogP contribution in [0.15, 0.2) is 42.5 Å². The highest BCUT2D eigenvalue weighted by atomic mass is 19.4. The van der Waals surface area contributed by atoms with Gasteiger partial charge in [-0.15, -0.1) is 13.2 Å². The van der Waals surface area contributed by atoms with Gasteiger partial charge in [0.1, 0.15) is 0 Å². The van der Waals surface area contributed by atoms with Crippen LogP contribution in [-0.4, -0.2) is 6.36 Å². The normalized spacial score (nSPS) is 12.3. The van der Waals surface area contributed by atoms with Crippen LogP contribution in [0.4, 0.5) is 32.0 Å². The molecule has 0 aromatic heterocycles. The summed E-state index contributed by atoms with van der Waals surface area (Å²) >= 11 is 0. The molecule has 0 aliphatic heterocycles. The maximum absolute atomic E-state index is 12.5. The smallest absolute Gasteiger partial charge is 0.404 e. The summed E-state index contributed by atoms with van der Waals surface area (Å²) in [6.45, 7) is 0. The molecule has 2 nitrogen and oxygen atoms in total. The van der Waals surface area contributed by atoms with Crippen LogP contribution in [-0.2, 0) is 6.18 Å². The van der Waals surface area contributed by atoms with Crippen molar-refractivity contribution in [1.82, 2.24) is 0 Å². The fraction of sp³-hybridized carbons (Fsp3) is 0.143. The number of nitrogens with two attached hydrogens (primary N) is 1. The summed E-state index contributed by atoms with van der Waals surface area (Å²) in [5, 5.41) is 0. The number of hydrogen-bond donors (Lipinski definition) is 1. The van der Waals surface area contributed by atoms with Crippen molar-refractivity contribution in [3.63, 3.8) is 0 Å². The van der Waals surface area contributed by atoms with Crippen LogP contribution in [0.25, 0.3) is 11.1 Å². The monoisotopic (exact) mass is 321 g/mol. The zero-order chi connectivity index (χ0) is 16.5. The van der Waals surface area contributed by atoms with Gasteiger partial charge < -0.3 is 10.5 Å². The molecule has 0 atom stereocenters. The van der Waals surface area contributed by atoms with Gasteiger partial charge in [0.2, 0.25) is 0 Å².